The quantitative estimate of drug-likeness (QED) is 0.778. The minimum Gasteiger partial charge on any atom is -0.306 e. The van der Waals surface area contributed by atoms with Gasteiger partial charge < -0.3 is 9.80 Å². The number of Topliss-reactive ketones (excluding diaryl/α,β-unsaturated/α-hetero) is 1. The van der Waals surface area contributed by atoms with Crippen LogP contribution in [0.3, 0.4) is 0 Å². The molecule has 0 amide bonds. The molecule has 4 atom stereocenters. The van der Waals surface area contributed by atoms with Crippen LogP contribution < -0.4 is 0 Å². The fourth-order valence-corrected chi connectivity index (χ4v) is 3.83. The number of ketones is 1. The topological polar surface area (TPSA) is 23.6 Å². The molecule has 0 bridgehead atoms. The van der Waals surface area contributed by atoms with Gasteiger partial charge in [-0.1, -0.05) is 13.8 Å². The molecule has 0 N–H and O–H groups in total. The van der Waals surface area contributed by atoms with Crippen LogP contribution in [-0.2, 0) is 4.79 Å². The fraction of sp³-hybridized carbons (Fsp3) is 0.933. The molecule has 2 heterocycles. The molecule has 0 spiro atoms. The van der Waals surface area contributed by atoms with Crippen LogP contribution in [0.25, 0.3) is 0 Å². The number of carbonyl (C=O) groups excluding carboxylic acids is 1. The second-order valence-electron chi connectivity index (χ2n) is 6.67. The summed E-state index contributed by atoms with van der Waals surface area (Å²) in [4.78, 5) is 17.5. The van der Waals surface area contributed by atoms with Crippen molar-refractivity contribution in [3.8, 4) is 0 Å². The van der Waals surface area contributed by atoms with E-state index in [0.717, 1.165) is 39.0 Å². The van der Waals surface area contributed by atoms with Gasteiger partial charge in [-0.2, -0.15) is 0 Å². The summed E-state index contributed by atoms with van der Waals surface area (Å²) in [6.07, 6.45) is 2.13. The van der Waals surface area contributed by atoms with E-state index in [1.807, 2.05) is 0 Å². The molecule has 2 rings (SSSR count). The van der Waals surface area contributed by atoms with Crippen molar-refractivity contribution in [2.24, 2.45) is 23.7 Å². The Bertz CT molecular complexity index is 283. The predicted molar refractivity (Wildman–Crippen MR) is 81.8 cm³/mol. The maximum atomic E-state index is 12.8. The van der Waals surface area contributed by atoms with Gasteiger partial charge >= 0.3 is 0 Å². The van der Waals surface area contributed by atoms with Crippen molar-refractivity contribution < 1.29 is 4.79 Å². The lowest BCUT2D eigenvalue weighted by Gasteiger charge is -2.39. The van der Waals surface area contributed by atoms with Crippen LogP contribution in [0.4, 0.5) is 0 Å². The number of nitrogens with zero attached hydrogens (tertiary/aromatic N) is 2. The summed E-state index contributed by atoms with van der Waals surface area (Å²) in [5, 5.41) is 0. The number of hydrogen-bond donors (Lipinski definition) is 0. The minimum atomic E-state index is 0. The summed E-state index contributed by atoms with van der Waals surface area (Å²) in [7, 11) is 4.32. The largest absolute Gasteiger partial charge is 0.306 e. The third-order valence-electron chi connectivity index (χ3n) is 4.95. The average Bonchev–Trinajstić information content (AvgIpc) is 2.28. The maximum absolute atomic E-state index is 12.8. The van der Waals surface area contributed by atoms with Gasteiger partial charge in [0.2, 0.25) is 0 Å². The van der Waals surface area contributed by atoms with Crippen LogP contribution in [0, 0.1) is 23.7 Å². The van der Waals surface area contributed by atoms with Crippen LogP contribution in [0.1, 0.15) is 26.7 Å². The first-order valence-electron chi connectivity index (χ1n) is 7.40. The second kappa shape index (κ2) is 7.05. The van der Waals surface area contributed by atoms with E-state index < -0.39 is 0 Å². The molecule has 2 fully saturated rings. The lowest BCUT2D eigenvalue weighted by Crippen LogP contribution is -2.46. The second-order valence-corrected chi connectivity index (χ2v) is 6.67. The number of carbonyl (C=O) groups is 1. The number of rotatable bonds is 2. The van der Waals surface area contributed by atoms with Gasteiger partial charge in [0.15, 0.2) is 0 Å². The van der Waals surface area contributed by atoms with E-state index in [4.69, 9.17) is 0 Å². The van der Waals surface area contributed by atoms with Gasteiger partial charge in [-0.3, -0.25) is 4.79 Å². The minimum absolute atomic E-state index is 0. The molecule has 19 heavy (non-hydrogen) atoms. The highest BCUT2D eigenvalue weighted by Gasteiger charge is 2.37. The standard InChI is InChI=1S/C15H28N2O.ClH/c1-11-9-16(3)7-5-13(11)15(18)14-6-8-17(4)10-12(14)2;/h11-14H,5-10H2,1-4H3;1H. The molecular formula is C15H29ClN2O. The van der Waals surface area contributed by atoms with E-state index in [-0.39, 0.29) is 12.4 Å². The van der Waals surface area contributed by atoms with Crippen LogP contribution in [0.15, 0.2) is 0 Å². The van der Waals surface area contributed by atoms with Crippen LogP contribution in [-0.4, -0.2) is 55.9 Å². The lowest BCUT2D eigenvalue weighted by atomic mass is 9.73. The van der Waals surface area contributed by atoms with Gasteiger partial charge in [0.05, 0.1) is 0 Å². The molecule has 3 nitrogen and oxygen atoms in total. The van der Waals surface area contributed by atoms with E-state index in [1.54, 1.807) is 0 Å². The molecule has 0 aromatic rings. The van der Waals surface area contributed by atoms with Gasteiger partial charge in [-0.25, -0.2) is 0 Å². The van der Waals surface area contributed by atoms with Gasteiger partial charge in [-0.15, -0.1) is 12.4 Å². The fourth-order valence-electron chi connectivity index (χ4n) is 3.83. The van der Waals surface area contributed by atoms with Crippen molar-refractivity contribution in [2.75, 3.05) is 40.3 Å². The smallest absolute Gasteiger partial charge is 0.139 e. The van der Waals surface area contributed by atoms with Crippen LogP contribution in [0.5, 0.6) is 0 Å². The van der Waals surface area contributed by atoms with E-state index in [1.165, 1.54) is 0 Å². The van der Waals surface area contributed by atoms with Crippen molar-refractivity contribution in [3.63, 3.8) is 0 Å². The number of piperidine rings is 2. The maximum Gasteiger partial charge on any atom is 0.139 e. The number of hydrogen-bond acceptors (Lipinski definition) is 3. The Morgan fingerprint density at radius 3 is 1.58 bits per heavy atom. The molecule has 0 aromatic carbocycles. The Hall–Kier alpha value is -0.120. The van der Waals surface area contributed by atoms with Crippen molar-refractivity contribution >= 4 is 18.2 Å². The zero-order chi connectivity index (χ0) is 13.3. The summed E-state index contributed by atoms with van der Waals surface area (Å²) in [5.41, 5.74) is 0. The highest BCUT2D eigenvalue weighted by atomic mass is 35.5. The Morgan fingerprint density at radius 1 is 0.895 bits per heavy atom. The number of likely N-dealkylation sites (tertiary alicyclic amines) is 2. The molecule has 0 aromatic heterocycles. The van der Waals surface area contributed by atoms with Crippen molar-refractivity contribution in [1.82, 2.24) is 9.80 Å². The SMILES string of the molecule is CC1CN(C)CCC1C(=O)C1CCN(C)CC1C.Cl. The molecule has 2 aliphatic rings. The molecule has 0 saturated carbocycles. The van der Waals surface area contributed by atoms with Crippen LogP contribution >= 0.6 is 12.4 Å². The Balaban J connectivity index is 0.00000180. The van der Waals surface area contributed by atoms with Crippen molar-refractivity contribution in [2.45, 2.75) is 26.7 Å². The normalized spacial score (nSPS) is 37.7. The monoisotopic (exact) mass is 288 g/mol. The van der Waals surface area contributed by atoms with Crippen molar-refractivity contribution in [3.05, 3.63) is 0 Å². The zero-order valence-electron chi connectivity index (χ0n) is 12.8. The highest BCUT2D eigenvalue weighted by Crippen LogP contribution is 2.32. The van der Waals surface area contributed by atoms with Gasteiger partial charge in [0.1, 0.15) is 5.78 Å². The summed E-state index contributed by atoms with van der Waals surface area (Å²) in [6.45, 7) is 8.83. The molecule has 2 aliphatic heterocycles. The molecular weight excluding hydrogens is 260 g/mol. The Morgan fingerprint density at radius 2 is 1.26 bits per heavy atom. The summed E-state index contributed by atoms with van der Waals surface area (Å²) < 4.78 is 0. The Kier molecular flexibility index (Phi) is 6.28. The molecule has 0 aliphatic carbocycles. The Labute approximate surface area is 124 Å². The van der Waals surface area contributed by atoms with Crippen LogP contribution in [0.2, 0.25) is 0 Å². The number of halogens is 1. The molecule has 2 saturated heterocycles. The molecule has 0 radical (unpaired) electrons. The first kappa shape index (κ1) is 16.9. The molecule has 112 valence electrons. The van der Waals surface area contributed by atoms with Gasteiger partial charge in [0, 0.05) is 24.9 Å². The lowest BCUT2D eigenvalue weighted by molar-refractivity contribution is -0.133. The predicted octanol–water partition coefficient (Wildman–Crippen LogP) is 2.15. The zero-order valence-corrected chi connectivity index (χ0v) is 13.6. The first-order chi connectivity index (χ1) is 8.49. The third-order valence-corrected chi connectivity index (χ3v) is 4.95. The van der Waals surface area contributed by atoms with Gasteiger partial charge in [-0.05, 0) is 51.9 Å². The molecule has 4 heteroatoms. The van der Waals surface area contributed by atoms with E-state index in [9.17, 15) is 4.79 Å². The third kappa shape index (κ3) is 3.93. The summed E-state index contributed by atoms with van der Waals surface area (Å²) in [6, 6.07) is 0. The average molecular weight is 289 g/mol. The van der Waals surface area contributed by atoms with Crippen molar-refractivity contribution in [1.29, 1.82) is 0 Å². The highest BCUT2D eigenvalue weighted by molar-refractivity contribution is 5.85. The summed E-state index contributed by atoms with van der Waals surface area (Å²) in [5.74, 6) is 2.26. The van der Waals surface area contributed by atoms with E-state index >= 15 is 0 Å². The first-order valence-corrected chi connectivity index (χ1v) is 7.40. The molecule has 4 unspecified atom stereocenters. The van der Waals surface area contributed by atoms with E-state index in [2.05, 4.69) is 37.7 Å². The van der Waals surface area contributed by atoms with E-state index in [0.29, 0.717) is 29.5 Å². The van der Waals surface area contributed by atoms with Gasteiger partial charge in [0.25, 0.3) is 0 Å². The summed E-state index contributed by atoms with van der Waals surface area (Å²) >= 11 is 0.